The Balaban J connectivity index is 2.23. The molecule has 0 aromatic heterocycles. The van der Waals surface area contributed by atoms with Crippen molar-refractivity contribution < 1.29 is 4.79 Å². The van der Waals surface area contributed by atoms with E-state index in [-0.39, 0.29) is 5.91 Å². The molecular formula is C14H21N3O. The molecule has 0 bridgehead atoms. The van der Waals surface area contributed by atoms with Gasteiger partial charge in [-0.25, -0.2) is 0 Å². The molecule has 0 saturated heterocycles. The second-order valence-electron chi connectivity index (χ2n) is 4.96. The Kier molecular flexibility index (Phi) is 3.75. The smallest absolute Gasteiger partial charge is 0.253 e. The minimum atomic E-state index is -0.0323. The summed E-state index contributed by atoms with van der Waals surface area (Å²) >= 11 is 0. The summed E-state index contributed by atoms with van der Waals surface area (Å²) in [5.74, 6) is 0.744. The van der Waals surface area contributed by atoms with E-state index in [2.05, 4.69) is 10.2 Å². The summed E-state index contributed by atoms with van der Waals surface area (Å²) in [7, 11) is 2.02. The number of nitrogen functional groups attached to an aromatic ring is 1. The lowest BCUT2D eigenvalue weighted by Crippen LogP contribution is -2.27. The maximum absolute atomic E-state index is 12.0. The van der Waals surface area contributed by atoms with Gasteiger partial charge in [-0.1, -0.05) is 0 Å². The number of nitrogens with zero attached hydrogens (tertiary/aromatic N) is 1. The highest BCUT2D eigenvalue weighted by atomic mass is 16.1. The molecule has 98 valence electrons. The maximum atomic E-state index is 12.0. The van der Waals surface area contributed by atoms with Crippen LogP contribution in [0.2, 0.25) is 0 Å². The Hall–Kier alpha value is -1.71. The van der Waals surface area contributed by atoms with E-state index in [1.165, 1.54) is 12.8 Å². The van der Waals surface area contributed by atoms with E-state index in [4.69, 9.17) is 5.73 Å². The van der Waals surface area contributed by atoms with Crippen molar-refractivity contribution in [3.8, 4) is 0 Å². The first-order valence-corrected chi connectivity index (χ1v) is 6.50. The van der Waals surface area contributed by atoms with Crippen molar-refractivity contribution in [2.45, 2.75) is 19.8 Å². The van der Waals surface area contributed by atoms with Crippen molar-refractivity contribution in [2.24, 2.45) is 5.92 Å². The molecule has 1 fully saturated rings. The van der Waals surface area contributed by atoms with Crippen LogP contribution in [0.25, 0.3) is 0 Å². The average Bonchev–Trinajstić information content (AvgIpc) is 3.13. The number of hydrogen-bond donors (Lipinski definition) is 2. The lowest BCUT2D eigenvalue weighted by atomic mass is 10.1. The Morgan fingerprint density at radius 3 is 2.83 bits per heavy atom. The number of nitrogens with one attached hydrogen (secondary N) is 1. The largest absolute Gasteiger partial charge is 0.399 e. The summed E-state index contributed by atoms with van der Waals surface area (Å²) < 4.78 is 0. The van der Waals surface area contributed by atoms with E-state index in [1.54, 1.807) is 12.1 Å². The van der Waals surface area contributed by atoms with Crippen molar-refractivity contribution in [3.63, 3.8) is 0 Å². The number of anilines is 2. The van der Waals surface area contributed by atoms with Gasteiger partial charge in [-0.2, -0.15) is 0 Å². The highest BCUT2D eigenvalue weighted by Crippen LogP contribution is 2.32. The molecule has 18 heavy (non-hydrogen) atoms. The molecule has 0 heterocycles. The summed E-state index contributed by atoms with van der Waals surface area (Å²) in [4.78, 5) is 14.1. The Morgan fingerprint density at radius 1 is 1.50 bits per heavy atom. The number of amides is 1. The van der Waals surface area contributed by atoms with Gasteiger partial charge in [0, 0.05) is 25.8 Å². The summed E-state index contributed by atoms with van der Waals surface area (Å²) in [6, 6.07) is 5.46. The van der Waals surface area contributed by atoms with Gasteiger partial charge in [-0.05, 0) is 43.9 Å². The minimum Gasteiger partial charge on any atom is -0.399 e. The zero-order valence-electron chi connectivity index (χ0n) is 11.1. The van der Waals surface area contributed by atoms with Gasteiger partial charge in [0.1, 0.15) is 0 Å². The predicted molar refractivity (Wildman–Crippen MR) is 74.9 cm³/mol. The van der Waals surface area contributed by atoms with E-state index < -0.39 is 0 Å². The Labute approximate surface area is 108 Å². The van der Waals surface area contributed by atoms with Crippen LogP contribution in [0.15, 0.2) is 18.2 Å². The number of nitrogens with two attached hydrogens (primary N) is 1. The molecular weight excluding hydrogens is 226 g/mol. The van der Waals surface area contributed by atoms with Crippen molar-refractivity contribution in [1.29, 1.82) is 0 Å². The van der Waals surface area contributed by atoms with Crippen LogP contribution in [0.4, 0.5) is 11.4 Å². The molecule has 1 aliphatic rings. The van der Waals surface area contributed by atoms with Gasteiger partial charge in [0.2, 0.25) is 0 Å². The number of carbonyl (C=O) groups excluding carboxylic acids is 1. The predicted octanol–water partition coefficient (Wildman–Crippen LogP) is 1.86. The standard InChI is InChI=1S/C14H21N3O/c1-3-16-14(18)12-7-6-11(15)8-13(12)17(2)9-10-4-5-10/h6-8,10H,3-5,9,15H2,1-2H3,(H,16,18). The molecule has 0 spiro atoms. The number of benzene rings is 1. The van der Waals surface area contributed by atoms with Crippen molar-refractivity contribution in [3.05, 3.63) is 23.8 Å². The molecule has 2 rings (SSSR count). The molecule has 0 radical (unpaired) electrons. The molecule has 4 heteroatoms. The quantitative estimate of drug-likeness (QED) is 0.781. The van der Waals surface area contributed by atoms with Crippen LogP contribution in [0.3, 0.4) is 0 Å². The van der Waals surface area contributed by atoms with Crippen LogP contribution < -0.4 is 16.0 Å². The summed E-state index contributed by atoms with van der Waals surface area (Å²) in [6.07, 6.45) is 2.59. The lowest BCUT2D eigenvalue weighted by Gasteiger charge is -2.22. The SMILES string of the molecule is CCNC(=O)c1ccc(N)cc1N(C)CC1CC1. The first-order chi connectivity index (χ1) is 8.61. The average molecular weight is 247 g/mol. The first-order valence-electron chi connectivity index (χ1n) is 6.50. The van der Waals surface area contributed by atoms with E-state index in [0.717, 1.165) is 18.2 Å². The highest BCUT2D eigenvalue weighted by molar-refractivity contribution is 6.00. The van der Waals surface area contributed by atoms with Gasteiger partial charge in [0.25, 0.3) is 5.91 Å². The third-order valence-corrected chi connectivity index (χ3v) is 3.24. The van der Waals surface area contributed by atoms with E-state index in [9.17, 15) is 4.79 Å². The second kappa shape index (κ2) is 5.29. The highest BCUT2D eigenvalue weighted by Gasteiger charge is 2.24. The van der Waals surface area contributed by atoms with Crippen LogP contribution in [0.5, 0.6) is 0 Å². The normalized spacial score (nSPS) is 14.3. The molecule has 1 aliphatic carbocycles. The zero-order valence-corrected chi connectivity index (χ0v) is 11.1. The zero-order chi connectivity index (χ0) is 13.1. The molecule has 3 N–H and O–H groups in total. The topological polar surface area (TPSA) is 58.4 Å². The van der Waals surface area contributed by atoms with Gasteiger partial charge in [-0.15, -0.1) is 0 Å². The van der Waals surface area contributed by atoms with Gasteiger partial charge in [0.05, 0.1) is 11.3 Å². The monoisotopic (exact) mass is 247 g/mol. The van der Waals surface area contributed by atoms with Crippen LogP contribution in [-0.4, -0.2) is 26.0 Å². The molecule has 1 amide bonds. The minimum absolute atomic E-state index is 0.0323. The van der Waals surface area contributed by atoms with Crippen molar-refractivity contribution in [2.75, 3.05) is 30.8 Å². The number of hydrogen-bond acceptors (Lipinski definition) is 3. The second-order valence-corrected chi connectivity index (χ2v) is 4.96. The molecule has 1 aromatic carbocycles. The van der Waals surface area contributed by atoms with E-state index in [0.29, 0.717) is 17.8 Å². The van der Waals surface area contributed by atoms with Crippen LogP contribution in [0.1, 0.15) is 30.1 Å². The van der Waals surface area contributed by atoms with Crippen LogP contribution >= 0.6 is 0 Å². The van der Waals surface area contributed by atoms with Gasteiger partial charge < -0.3 is 16.0 Å². The molecule has 1 aromatic rings. The lowest BCUT2D eigenvalue weighted by molar-refractivity contribution is 0.0956. The van der Waals surface area contributed by atoms with Crippen LogP contribution in [0, 0.1) is 5.92 Å². The number of carbonyl (C=O) groups is 1. The molecule has 0 aliphatic heterocycles. The van der Waals surface area contributed by atoms with E-state index >= 15 is 0 Å². The fourth-order valence-electron chi connectivity index (χ4n) is 2.10. The fourth-order valence-corrected chi connectivity index (χ4v) is 2.10. The third kappa shape index (κ3) is 2.94. The van der Waals surface area contributed by atoms with Gasteiger partial charge >= 0.3 is 0 Å². The Bertz CT molecular complexity index is 441. The molecule has 1 saturated carbocycles. The Morgan fingerprint density at radius 2 is 2.22 bits per heavy atom. The van der Waals surface area contributed by atoms with Crippen LogP contribution in [-0.2, 0) is 0 Å². The van der Waals surface area contributed by atoms with Crippen molar-refractivity contribution in [1.82, 2.24) is 5.32 Å². The summed E-state index contributed by atoms with van der Waals surface area (Å²) in [6.45, 7) is 3.55. The summed E-state index contributed by atoms with van der Waals surface area (Å²) in [5.41, 5.74) is 8.15. The van der Waals surface area contributed by atoms with Gasteiger partial charge in [-0.3, -0.25) is 4.79 Å². The third-order valence-electron chi connectivity index (χ3n) is 3.24. The van der Waals surface area contributed by atoms with E-state index in [1.807, 2.05) is 20.0 Å². The maximum Gasteiger partial charge on any atom is 0.253 e. The molecule has 0 unspecified atom stereocenters. The molecule has 0 atom stereocenters. The first kappa shape index (κ1) is 12.7. The van der Waals surface area contributed by atoms with Gasteiger partial charge in [0.15, 0.2) is 0 Å². The van der Waals surface area contributed by atoms with Crippen molar-refractivity contribution >= 4 is 17.3 Å². The number of rotatable bonds is 5. The fraction of sp³-hybridized carbons (Fsp3) is 0.500. The summed E-state index contributed by atoms with van der Waals surface area (Å²) in [5, 5.41) is 2.84. The molecule has 4 nitrogen and oxygen atoms in total.